The van der Waals surface area contributed by atoms with E-state index in [0.29, 0.717) is 11.8 Å². The van der Waals surface area contributed by atoms with Gasteiger partial charge in [0.05, 0.1) is 23.3 Å². The Hall–Kier alpha value is -4.71. The first-order chi connectivity index (χ1) is 17.8. The number of hydroxylamine groups is 1. The van der Waals surface area contributed by atoms with Crippen molar-refractivity contribution in [1.29, 1.82) is 0 Å². The van der Waals surface area contributed by atoms with E-state index in [-0.39, 0.29) is 35.6 Å². The number of aromatic nitrogens is 3. The van der Waals surface area contributed by atoms with Crippen LogP contribution in [0.4, 0.5) is 19.0 Å². The number of hydrogen-bond acceptors (Lipinski definition) is 7. The largest absolute Gasteiger partial charge is 0.477 e. The summed E-state index contributed by atoms with van der Waals surface area (Å²) in [6, 6.07) is 7.17. The molecule has 1 fully saturated rings. The van der Waals surface area contributed by atoms with E-state index in [1.807, 2.05) is 6.07 Å². The Bertz CT molecular complexity index is 1690. The number of nitrogens with one attached hydrogen (secondary N) is 1. The molecule has 1 aromatic carbocycles. The second kappa shape index (κ2) is 8.45. The predicted octanol–water partition coefficient (Wildman–Crippen LogP) is 3.03. The molecule has 0 aliphatic carbocycles. The third-order valence-electron chi connectivity index (χ3n) is 6.32. The van der Waals surface area contributed by atoms with Crippen LogP contribution in [0.15, 0.2) is 65.4 Å². The fraction of sp³-hybridized carbons (Fsp3) is 0.120. The quantitative estimate of drug-likeness (QED) is 0.434. The van der Waals surface area contributed by atoms with Gasteiger partial charge in [-0.25, -0.2) is 22.9 Å². The summed E-state index contributed by atoms with van der Waals surface area (Å²) in [4.78, 5) is 40.2. The van der Waals surface area contributed by atoms with Gasteiger partial charge in [-0.1, -0.05) is 0 Å². The van der Waals surface area contributed by atoms with Crippen molar-refractivity contribution in [1.82, 2.24) is 20.0 Å². The average Bonchev–Trinajstić information content (AvgIpc) is 3.46. The van der Waals surface area contributed by atoms with Crippen molar-refractivity contribution in [2.45, 2.75) is 6.10 Å². The van der Waals surface area contributed by atoms with Crippen molar-refractivity contribution in [3.8, 4) is 5.69 Å². The third kappa shape index (κ3) is 3.69. The van der Waals surface area contributed by atoms with E-state index in [1.54, 1.807) is 23.4 Å². The van der Waals surface area contributed by atoms with Gasteiger partial charge in [0.2, 0.25) is 5.43 Å². The number of fused-ring (bicyclic) bond motifs is 2. The molecule has 2 aliphatic rings. The lowest BCUT2D eigenvalue weighted by Gasteiger charge is -2.20. The zero-order valence-electron chi connectivity index (χ0n) is 18.8. The molecule has 1 unspecified atom stereocenters. The maximum Gasteiger partial charge on any atom is 0.341 e. The number of carboxylic acid groups (broad SMARTS) is 1. The monoisotopic (exact) mass is 507 g/mol. The summed E-state index contributed by atoms with van der Waals surface area (Å²) >= 11 is 0. The Morgan fingerprint density at radius 2 is 2.00 bits per heavy atom. The van der Waals surface area contributed by atoms with Crippen LogP contribution in [0.3, 0.4) is 0 Å². The van der Waals surface area contributed by atoms with E-state index in [0.717, 1.165) is 40.1 Å². The molecule has 0 bridgehead atoms. The minimum Gasteiger partial charge on any atom is -0.477 e. The van der Waals surface area contributed by atoms with Gasteiger partial charge in [0.1, 0.15) is 23.3 Å². The van der Waals surface area contributed by atoms with E-state index in [9.17, 15) is 23.5 Å². The van der Waals surface area contributed by atoms with Gasteiger partial charge in [-0.2, -0.15) is 0 Å². The van der Waals surface area contributed by atoms with E-state index in [4.69, 9.17) is 4.84 Å². The Kier molecular flexibility index (Phi) is 5.19. The van der Waals surface area contributed by atoms with Crippen molar-refractivity contribution in [2.75, 3.05) is 18.0 Å². The number of rotatable bonds is 4. The lowest BCUT2D eigenvalue weighted by atomic mass is 10.1. The highest BCUT2D eigenvalue weighted by molar-refractivity contribution is 5.92. The standard InChI is InChI=1S/C25H16F3N5O4/c26-13-3-4-19(17(27)6-13)33-10-16(25(35)36)22(34)14-7-18(28)24(30-23(14)33)32-9-15-20(11-32)37-31-21(15)12-2-1-5-29-8-12/h1-8,10,20,31H,9,11H2,(H,35,36). The topological polar surface area (TPSA) is 110 Å². The molecule has 9 nitrogen and oxygen atoms in total. The molecule has 0 spiro atoms. The number of hydrogen-bond donors (Lipinski definition) is 2. The summed E-state index contributed by atoms with van der Waals surface area (Å²) in [5, 5.41) is 9.13. The van der Waals surface area contributed by atoms with E-state index >= 15 is 4.39 Å². The molecular weight excluding hydrogens is 491 g/mol. The summed E-state index contributed by atoms with van der Waals surface area (Å²) in [6.45, 7) is 0.462. The van der Waals surface area contributed by atoms with Gasteiger partial charge in [0, 0.05) is 42.3 Å². The molecule has 1 saturated heterocycles. The number of aromatic carboxylic acids is 1. The fourth-order valence-corrected chi connectivity index (χ4v) is 4.59. The maximum absolute atomic E-state index is 15.3. The maximum atomic E-state index is 15.3. The number of carboxylic acids is 1. The van der Waals surface area contributed by atoms with E-state index < -0.39 is 40.5 Å². The number of halogens is 3. The van der Waals surface area contributed by atoms with Gasteiger partial charge in [0.15, 0.2) is 17.3 Å². The SMILES string of the molecule is O=C(O)c1cn(-c2ccc(F)cc2F)c2nc(N3CC4=C(c5cccnc5)NOC4C3)c(F)cc2c1=O. The molecule has 3 aromatic heterocycles. The molecule has 4 aromatic rings. The molecule has 2 aliphatic heterocycles. The third-order valence-corrected chi connectivity index (χ3v) is 6.32. The highest BCUT2D eigenvalue weighted by Crippen LogP contribution is 2.34. The predicted molar refractivity (Wildman–Crippen MR) is 126 cm³/mol. The molecule has 0 radical (unpaired) electrons. The Morgan fingerprint density at radius 3 is 2.73 bits per heavy atom. The molecule has 186 valence electrons. The van der Waals surface area contributed by atoms with Gasteiger partial charge in [0.25, 0.3) is 0 Å². The van der Waals surface area contributed by atoms with Gasteiger partial charge >= 0.3 is 5.97 Å². The lowest BCUT2D eigenvalue weighted by molar-refractivity contribution is 0.0578. The molecule has 37 heavy (non-hydrogen) atoms. The molecule has 0 saturated carbocycles. The zero-order chi connectivity index (χ0) is 25.8. The zero-order valence-corrected chi connectivity index (χ0v) is 18.8. The fourth-order valence-electron chi connectivity index (χ4n) is 4.59. The molecular formula is C25H16F3N5O4. The van der Waals surface area contributed by atoms with Crippen molar-refractivity contribution in [3.63, 3.8) is 0 Å². The van der Waals surface area contributed by atoms with Crippen LogP contribution in [0.1, 0.15) is 15.9 Å². The number of carbonyl (C=O) groups is 1. The van der Waals surface area contributed by atoms with Crippen LogP contribution in [0, 0.1) is 17.5 Å². The normalized spacial score (nSPS) is 16.8. The summed E-state index contributed by atoms with van der Waals surface area (Å²) in [6.07, 6.45) is 3.79. The van der Waals surface area contributed by atoms with Crippen LogP contribution >= 0.6 is 0 Å². The van der Waals surface area contributed by atoms with Crippen molar-refractivity contribution in [3.05, 3.63) is 99.4 Å². The molecule has 12 heteroatoms. The first kappa shape index (κ1) is 22.7. The van der Waals surface area contributed by atoms with Crippen LogP contribution in [-0.4, -0.2) is 44.8 Å². The second-order valence-electron chi connectivity index (χ2n) is 8.54. The highest BCUT2D eigenvalue weighted by Gasteiger charge is 2.38. The molecule has 0 amide bonds. The number of anilines is 1. The van der Waals surface area contributed by atoms with Crippen LogP contribution in [-0.2, 0) is 4.84 Å². The summed E-state index contributed by atoms with van der Waals surface area (Å²) in [7, 11) is 0. The number of nitrogens with zero attached hydrogens (tertiary/aromatic N) is 4. The average molecular weight is 507 g/mol. The van der Waals surface area contributed by atoms with Gasteiger partial charge in [-0.05, 0) is 30.3 Å². The van der Waals surface area contributed by atoms with Gasteiger partial charge < -0.3 is 10.0 Å². The Labute approximate surface area is 206 Å². The molecule has 6 rings (SSSR count). The summed E-state index contributed by atoms with van der Waals surface area (Å²) < 4.78 is 44.6. The molecule has 1 atom stereocenters. The first-order valence-electron chi connectivity index (χ1n) is 11.1. The number of pyridine rings is 3. The number of benzene rings is 1. The highest BCUT2D eigenvalue weighted by atomic mass is 19.1. The van der Waals surface area contributed by atoms with Gasteiger partial charge in [-0.3, -0.25) is 24.7 Å². The van der Waals surface area contributed by atoms with Crippen LogP contribution in [0.5, 0.6) is 0 Å². The minimum absolute atomic E-state index is 0.137. The Balaban J connectivity index is 1.51. The minimum atomic E-state index is -1.58. The second-order valence-corrected chi connectivity index (χ2v) is 8.54. The van der Waals surface area contributed by atoms with E-state index in [2.05, 4.69) is 15.4 Å². The lowest BCUT2D eigenvalue weighted by Crippen LogP contribution is -2.27. The van der Waals surface area contributed by atoms with Crippen molar-refractivity contribution >= 4 is 28.5 Å². The van der Waals surface area contributed by atoms with Gasteiger partial charge in [-0.15, -0.1) is 0 Å². The van der Waals surface area contributed by atoms with Crippen molar-refractivity contribution in [2.24, 2.45) is 0 Å². The Morgan fingerprint density at radius 1 is 1.16 bits per heavy atom. The first-order valence-corrected chi connectivity index (χ1v) is 11.1. The van der Waals surface area contributed by atoms with E-state index in [1.165, 1.54) is 0 Å². The summed E-state index contributed by atoms with van der Waals surface area (Å²) in [5.41, 5.74) is 3.08. The smallest absolute Gasteiger partial charge is 0.341 e. The van der Waals surface area contributed by atoms with Crippen LogP contribution < -0.4 is 15.8 Å². The van der Waals surface area contributed by atoms with Crippen LogP contribution in [0.25, 0.3) is 22.4 Å². The van der Waals surface area contributed by atoms with Crippen LogP contribution in [0.2, 0.25) is 0 Å². The molecule has 5 heterocycles. The summed E-state index contributed by atoms with van der Waals surface area (Å²) in [5.74, 6) is -4.45. The van der Waals surface area contributed by atoms with Crippen molar-refractivity contribution < 1.29 is 27.9 Å². The molecule has 2 N–H and O–H groups in total.